The predicted molar refractivity (Wildman–Crippen MR) is 123 cm³/mol. The van der Waals surface area contributed by atoms with E-state index in [0.29, 0.717) is 37.3 Å². The van der Waals surface area contributed by atoms with Crippen LogP contribution in [0.15, 0.2) is 42.6 Å². The third kappa shape index (κ3) is 7.03. The van der Waals surface area contributed by atoms with E-state index in [4.69, 9.17) is 4.74 Å². The van der Waals surface area contributed by atoms with Gasteiger partial charge in [0.1, 0.15) is 5.82 Å². The number of esters is 1. The molecule has 0 aliphatic carbocycles. The summed E-state index contributed by atoms with van der Waals surface area (Å²) in [6, 6.07) is 9.20. The number of piperidine rings is 1. The van der Waals surface area contributed by atoms with E-state index in [1.807, 2.05) is 12.1 Å². The molecule has 2 heterocycles. The first-order chi connectivity index (χ1) is 16.3. The van der Waals surface area contributed by atoms with Gasteiger partial charge in [-0.1, -0.05) is 32.9 Å². The molecule has 1 aliphatic heterocycles. The van der Waals surface area contributed by atoms with Crippen molar-refractivity contribution in [1.82, 2.24) is 10.3 Å². The van der Waals surface area contributed by atoms with Crippen LogP contribution in [0, 0.1) is 5.92 Å². The second-order valence-corrected chi connectivity index (χ2v) is 9.48. The summed E-state index contributed by atoms with van der Waals surface area (Å²) < 4.78 is 43.1. The van der Waals surface area contributed by atoms with E-state index in [0.717, 1.165) is 17.8 Å². The maximum atomic E-state index is 12.7. The molecule has 3 rings (SSSR count). The normalized spacial score (nSPS) is 15.0. The van der Waals surface area contributed by atoms with Crippen LogP contribution in [-0.4, -0.2) is 42.5 Å². The van der Waals surface area contributed by atoms with Crippen LogP contribution in [0.4, 0.5) is 19.0 Å². The van der Waals surface area contributed by atoms with Crippen molar-refractivity contribution >= 4 is 23.6 Å². The average molecular weight is 492 g/mol. The van der Waals surface area contributed by atoms with Gasteiger partial charge in [0.15, 0.2) is 6.61 Å². The predicted octanol–water partition coefficient (Wildman–Crippen LogP) is 4.11. The summed E-state index contributed by atoms with van der Waals surface area (Å²) in [5.74, 6) is -1.91. The fraction of sp³-hybridized carbons (Fsp3) is 0.440. The molecule has 0 spiro atoms. The van der Waals surface area contributed by atoms with Gasteiger partial charge in [-0.3, -0.25) is 19.7 Å². The highest BCUT2D eigenvalue weighted by atomic mass is 19.4. The van der Waals surface area contributed by atoms with Crippen LogP contribution in [0.5, 0.6) is 0 Å². The lowest BCUT2D eigenvalue weighted by atomic mass is 9.87. The van der Waals surface area contributed by atoms with Crippen LogP contribution in [0.3, 0.4) is 0 Å². The van der Waals surface area contributed by atoms with Crippen LogP contribution in [-0.2, 0) is 25.9 Å². The van der Waals surface area contributed by atoms with Gasteiger partial charge in [0, 0.05) is 24.8 Å². The van der Waals surface area contributed by atoms with E-state index < -0.39 is 42.0 Å². The minimum Gasteiger partial charge on any atom is -0.455 e. The number of alkyl halides is 3. The number of ether oxygens (including phenoxy) is 1. The standard InChI is InChI=1S/C25H28F3N3O4/c1-24(2,3)18-6-4-16(5-7-18)22(33)30-21(32)15-35-23(34)17-10-12-31(13-11-17)20-9-8-19(14-29-20)25(26,27)28/h4-9,14,17H,10-13,15H2,1-3H3,(H,30,32,33). The Bertz CT molecular complexity index is 1050. The maximum absolute atomic E-state index is 12.7. The highest BCUT2D eigenvalue weighted by Crippen LogP contribution is 2.30. The molecular formula is C25H28F3N3O4. The van der Waals surface area contributed by atoms with Gasteiger partial charge in [0.2, 0.25) is 0 Å². The lowest BCUT2D eigenvalue weighted by Gasteiger charge is -2.31. The van der Waals surface area contributed by atoms with E-state index in [1.54, 1.807) is 17.0 Å². The van der Waals surface area contributed by atoms with Gasteiger partial charge in [0.05, 0.1) is 11.5 Å². The maximum Gasteiger partial charge on any atom is 0.417 e. The number of aromatic nitrogens is 1. The monoisotopic (exact) mass is 491 g/mol. The Morgan fingerprint density at radius 1 is 1.00 bits per heavy atom. The summed E-state index contributed by atoms with van der Waals surface area (Å²) in [4.78, 5) is 42.3. The van der Waals surface area contributed by atoms with Gasteiger partial charge in [-0.05, 0) is 48.1 Å². The number of hydrogen-bond donors (Lipinski definition) is 1. The zero-order chi connectivity index (χ0) is 25.8. The largest absolute Gasteiger partial charge is 0.455 e. The molecule has 1 N–H and O–H groups in total. The average Bonchev–Trinajstić information content (AvgIpc) is 2.81. The Hall–Kier alpha value is -3.43. The van der Waals surface area contributed by atoms with Crippen molar-refractivity contribution < 1.29 is 32.3 Å². The van der Waals surface area contributed by atoms with Gasteiger partial charge < -0.3 is 9.64 Å². The number of rotatable bonds is 5. The molecule has 188 valence electrons. The molecule has 1 fully saturated rings. The quantitative estimate of drug-likeness (QED) is 0.634. The third-order valence-electron chi connectivity index (χ3n) is 5.84. The Balaban J connectivity index is 1.43. The molecule has 1 aromatic carbocycles. The number of halogens is 3. The molecule has 0 radical (unpaired) electrons. The lowest BCUT2D eigenvalue weighted by Crippen LogP contribution is -2.39. The highest BCUT2D eigenvalue weighted by molar-refractivity contribution is 6.05. The topological polar surface area (TPSA) is 88.6 Å². The van der Waals surface area contributed by atoms with Gasteiger partial charge in [-0.2, -0.15) is 13.2 Å². The molecule has 0 unspecified atom stereocenters. The van der Waals surface area contributed by atoms with Crippen molar-refractivity contribution in [2.45, 2.75) is 45.2 Å². The van der Waals surface area contributed by atoms with E-state index in [1.165, 1.54) is 6.07 Å². The van der Waals surface area contributed by atoms with E-state index in [-0.39, 0.29) is 5.41 Å². The van der Waals surface area contributed by atoms with Gasteiger partial charge in [-0.15, -0.1) is 0 Å². The van der Waals surface area contributed by atoms with Crippen LogP contribution >= 0.6 is 0 Å². The Labute approximate surface area is 201 Å². The molecule has 10 heteroatoms. The zero-order valence-corrected chi connectivity index (χ0v) is 19.8. The molecule has 35 heavy (non-hydrogen) atoms. The lowest BCUT2D eigenvalue weighted by molar-refractivity contribution is -0.153. The number of nitrogens with one attached hydrogen (secondary N) is 1. The molecule has 0 bridgehead atoms. The molecule has 0 saturated carbocycles. The van der Waals surface area contributed by atoms with Gasteiger partial charge >= 0.3 is 12.1 Å². The fourth-order valence-corrected chi connectivity index (χ4v) is 3.70. The molecule has 1 aromatic heterocycles. The molecule has 0 atom stereocenters. The Morgan fingerprint density at radius 2 is 1.60 bits per heavy atom. The van der Waals surface area contributed by atoms with Crippen molar-refractivity contribution in [2.75, 3.05) is 24.6 Å². The molecule has 1 saturated heterocycles. The first kappa shape index (κ1) is 26.2. The van der Waals surface area contributed by atoms with Crippen LogP contribution in [0.2, 0.25) is 0 Å². The van der Waals surface area contributed by atoms with Crippen LogP contribution < -0.4 is 10.2 Å². The molecule has 2 aromatic rings. The number of carbonyl (C=O) groups excluding carboxylic acids is 3. The van der Waals surface area contributed by atoms with E-state index >= 15 is 0 Å². The second-order valence-electron chi connectivity index (χ2n) is 9.48. The molecular weight excluding hydrogens is 463 g/mol. The number of carbonyl (C=O) groups is 3. The third-order valence-corrected chi connectivity index (χ3v) is 5.84. The number of imide groups is 1. The minimum absolute atomic E-state index is 0.0660. The van der Waals surface area contributed by atoms with Crippen molar-refractivity contribution in [3.8, 4) is 0 Å². The smallest absolute Gasteiger partial charge is 0.417 e. The summed E-state index contributed by atoms with van der Waals surface area (Å²) in [5, 5.41) is 2.20. The number of hydrogen-bond acceptors (Lipinski definition) is 6. The first-order valence-corrected chi connectivity index (χ1v) is 11.2. The van der Waals surface area contributed by atoms with Crippen LogP contribution in [0.1, 0.15) is 55.1 Å². The summed E-state index contributed by atoms with van der Waals surface area (Å²) in [6.07, 6.45) is -2.85. The minimum atomic E-state index is -4.45. The van der Waals surface area contributed by atoms with Crippen molar-refractivity contribution in [3.63, 3.8) is 0 Å². The highest BCUT2D eigenvalue weighted by Gasteiger charge is 2.32. The molecule has 2 amide bonds. The molecule has 7 nitrogen and oxygen atoms in total. The fourth-order valence-electron chi connectivity index (χ4n) is 3.70. The van der Waals surface area contributed by atoms with Gasteiger partial charge in [0.25, 0.3) is 11.8 Å². The van der Waals surface area contributed by atoms with Gasteiger partial charge in [-0.25, -0.2) is 4.98 Å². The van der Waals surface area contributed by atoms with E-state index in [9.17, 15) is 27.6 Å². The number of nitrogens with zero attached hydrogens (tertiary/aromatic N) is 2. The number of amides is 2. The summed E-state index contributed by atoms with van der Waals surface area (Å²) in [5.41, 5.74) is 0.485. The second kappa shape index (κ2) is 10.5. The number of benzene rings is 1. The first-order valence-electron chi connectivity index (χ1n) is 11.2. The van der Waals surface area contributed by atoms with E-state index in [2.05, 4.69) is 31.1 Å². The summed E-state index contributed by atoms with van der Waals surface area (Å²) in [6.45, 7) is 6.40. The molecule has 1 aliphatic rings. The summed E-state index contributed by atoms with van der Waals surface area (Å²) in [7, 11) is 0. The van der Waals surface area contributed by atoms with Crippen molar-refractivity contribution in [1.29, 1.82) is 0 Å². The Kier molecular flexibility index (Phi) is 7.82. The number of pyridine rings is 1. The summed E-state index contributed by atoms with van der Waals surface area (Å²) >= 11 is 0. The Morgan fingerprint density at radius 3 is 2.11 bits per heavy atom. The SMILES string of the molecule is CC(C)(C)c1ccc(C(=O)NC(=O)COC(=O)C2CCN(c3ccc(C(F)(F)F)cn3)CC2)cc1. The van der Waals surface area contributed by atoms with Crippen LogP contribution in [0.25, 0.3) is 0 Å². The van der Waals surface area contributed by atoms with Crippen molar-refractivity contribution in [3.05, 3.63) is 59.3 Å². The zero-order valence-electron chi connectivity index (χ0n) is 19.8. The van der Waals surface area contributed by atoms with Crippen molar-refractivity contribution in [2.24, 2.45) is 5.92 Å². The number of anilines is 1.